The van der Waals surface area contributed by atoms with Crippen LogP contribution in [0.15, 0.2) is 18.2 Å². The number of rotatable bonds is 5. The van der Waals surface area contributed by atoms with Gasteiger partial charge in [0.05, 0.1) is 0 Å². The van der Waals surface area contributed by atoms with Crippen LogP contribution in [0.2, 0.25) is 0 Å². The summed E-state index contributed by atoms with van der Waals surface area (Å²) in [6.07, 6.45) is 5.03. The van der Waals surface area contributed by atoms with Crippen LogP contribution in [0.3, 0.4) is 0 Å². The lowest BCUT2D eigenvalue weighted by molar-refractivity contribution is -0.122. The van der Waals surface area contributed by atoms with Gasteiger partial charge in [0.15, 0.2) is 5.78 Å². The predicted octanol–water partition coefficient (Wildman–Crippen LogP) is 2.25. The van der Waals surface area contributed by atoms with Crippen molar-refractivity contribution in [3.05, 3.63) is 34.9 Å². The van der Waals surface area contributed by atoms with Crippen LogP contribution < -0.4 is 10.6 Å². The van der Waals surface area contributed by atoms with Crippen LogP contribution in [0, 0.1) is 5.92 Å². The zero-order valence-corrected chi connectivity index (χ0v) is 13.9. The zero-order chi connectivity index (χ0) is 16.2. The van der Waals surface area contributed by atoms with E-state index in [4.69, 9.17) is 0 Å². The molecule has 23 heavy (non-hydrogen) atoms. The Kier molecular flexibility index (Phi) is 5.11. The Labute approximate surface area is 138 Å². The third-order valence-electron chi connectivity index (χ3n) is 5.17. The summed E-state index contributed by atoms with van der Waals surface area (Å²) in [6.45, 7) is 4.01. The topological polar surface area (TPSA) is 58.2 Å². The minimum atomic E-state index is -0.0138. The summed E-state index contributed by atoms with van der Waals surface area (Å²) in [5.74, 6) is 0.553. The van der Waals surface area contributed by atoms with E-state index in [0.717, 1.165) is 37.9 Å². The fourth-order valence-electron chi connectivity index (χ4n) is 3.58. The molecule has 0 radical (unpaired) electrons. The third kappa shape index (κ3) is 3.99. The maximum absolute atomic E-state index is 12.3. The van der Waals surface area contributed by atoms with Crippen molar-refractivity contribution in [2.75, 3.05) is 13.1 Å². The van der Waals surface area contributed by atoms with Crippen LogP contribution in [0.4, 0.5) is 0 Å². The summed E-state index contributed by atoms with van der Waals surface area (Å²) in [6, 6.07) is 6.20. The average molecular weight is 314 g/mol. The minimum absolute atomic E-state index is 0.0138. The molecule has 0 bridgehead atoms. The summed E-state index contributed by atoms with van der Waals surface area (Å²) < 4.78 is 0. The van der Waals surface area contributed by atoms with Crippen molar-refractivity contribution < 1.29 is 9.59 Å². The fraction of sp³-hybridized carbons (Fsp3) is 0.579. The van der Waals surface area contributed by atoms with E-state index in [1.165, 1.54) is 17.5 Å². The van der Waals surface area contributed by atoms with Gasteiger partial charge in [-0.05, 0) is 55.3 Å². The number of Topliss-reactive ketones (excluding diaryl/α,β-unsaturated/α-hetero) is 1. The number of amides is 1. The van der Waals surface area contributed by atoms with Gasteiger partial charge in [-0.1, -0.05) is 19.1 Å². The Balaban J connectivity index is 1.49. The van der Waals surface area contributed by atoms with E-state index in [1.807, 2.05) is 12.1 Å². The molecule has 1 aliphatic carbocycles. The van der Waals surface area contributed by atoms with E-state index in [2.05, 4.69) is 23.6 Å². The lowest BCUT2D eigenvalue weighted by Gasteiger charge is -2.30. The highest BCUT2D eigenvalue weighted by molar-refractivity contribution is 5.98. The van der Waals surface area contributed by atoms with Gasteiger partial charge in [-0.25, -0.2) is 0 Å². The molecule has 124 valence electrons. The summed E-state index contributed by atoms with van der Waals surface area (Å²) in [4.78, 5) is 24.4. The highest BCUT2D eigenvalue weighted by atomic mass is 16.2. The number of nitrogens with one attached hydrogen (secondary N) is 2. The number of carbonyl (C=O) groups is 2. The lowest BCUT2D eigenvalue weighted by atomic mass is 9.94. The van der Waals surface area contributed by atoms with Crippen molar-refractivity contribution in [3.63, 3.8) is 0 Å². The molecule has 1 amide bonds. The van der Waals surface area contributed by atoms with Gasteiger partial charge >= 0.3 is 0 Å². The van der Waals surface area contributed by atoms with Crippen LogP contribution in [0.25, 0.3) is 0 Å². The van der Waals surface area contributed by atoms with Gasteiger partial charge < -0.3 is 10.6 Å². The summed E-state index contributed by atoms with van der Waals surface area (Å²) in [5.41, 5.74) is 3.44. The first-order valence-corrected chi connectivity index (χ1v) is 8.78. The number of hydrogen-bond acceptors (Lipinski definition) is 3. The number of fused-ring (bicyclic) bond motifs is 1. The molecule has 0 spiro atoms. The molecule has 1 aliphatic heterocycles. The molecular weight excluding hydrogens is 288 g/mol. The molecule has 4 heteroatoms. The second-order valence-corrected chi connectivity index (χ2v) is 6.90. The summed E-state index contributed by atoms with van der Waals surface area (Å²) >= 11 is 0. The number of piperidine rings is 1. The van der Waals surface area contributed by atoms with Gasteiger partial charge in [0.1, 0.15) is 0 Å². The number of benzene rings is 1. The first-order valence-electron chi connectivity index (χ1n) is 8.78. The molecule has 0 aromatic heterocycles. The number of ketones is 1. The molecule has 2 unspecified atom stereocenters. The Bertz CT molecular complexity index is 597. The van der Waals surface area contributed by atoms with Gasteiger partial charge in [-0.2, -0.15) is 0 Å². The molecule has 2 aliphatic rings. The summed E-state index contributed by atoms with van der Waals surface area (Å²) in [7, 11) is 0. The highest BCUT2D eigenvalue weighted by Crippen LogP contribution is 2.23. The molecule has 1 heterocycles. The quantitative estimate of drug-likeness (QED) is 0.820. The molecule has 2 N–H and O–H groups in total. The number of aryl methyl sites for hydroxylation is 2. The third-order valence-corrected chi connectivity index (χ3v) is 5.17. The van der Waals surface area contributed by atoms with E-state index in [1.54, 1.807) is 0 Å². The van der Waals surface area contributed by atoms with Gasteiger partial charge in [0, 0.05) is 31.0 Å². The Hall–Kier alpha value is -1.68. The Morgan fingerprint density at radius 3 is 2.87 bits per heavy atom. The van der Waals surface area contributed by atoms with Crippen LogP contribution in [-0.4, -0.2) is 30.8 Å². The average Bonchev–Trinajstić information content (AvgIpc) is 3.02. The standard InChI is InChI=1S/C19H26N2O2/c1-13-9-10-20-12-17(13)21-19(23)8-7-18(22)16-6-5-14-3-2-4-15(14)11-16/h5-6,11,13,17,20H,2-4,7-10,12H2,1H3,(H,21,23). The molecule has 2 atom stereocenters. The normalized spacial score (nSPS) is 23.3. The molecule has 1 fully saturated rings. The van der Waals surface area contributed by atoms with E-state index < -0.39 is 0 Å². The SMILES string of the molecule is CC1CCNCC1NC(=O)CCC(=O)c1ccc2c(c1)CCC2. The van der Waals surface area contributed by atoms with Gasteiger partial charge in [-0.3, -0.25) is 9.59 Å². The Morgan fingerprint density at radius 1 is 1.22 bits per heavy atom. The molecule has 1 aromatic carbocycles. The minimum Gasteiger partial charge on any atom is -0.352 e. The van der Waals surface area contributed by atoms with Crippen molar-refractivity contribution in [3.8, 4) is 0 Å². The molecule has 1 aromatic rings. The van der Waals surface area contributed by atoms with Gasteiger partial charge in [0.2, 0.25) is 5.91 Å². The molecule has 0 saturated carbocycles. The summed E-state index contributed by atoms with van der Waals surface area (Å²) in [5, 5.41) is 6.37. The highest BCUT2D eigenvalue weighted by Gasteiger charge is 2.23. The van der Waals surface area contributed by atoms with E-state index in [9.17, 15) is 9.59 Å². The molecular formula is C19H26N2O2. The van der Waals surface area contributed by atoms with E-state index in [0.29, 0.717) is 12.3 Å². The van der Waals surface area contributed by atoms with Gasteiger partial charge in [0.25, 0.3) is 0 Å². The maximum Gasteiger partial charge on any atom is 0.220 e. The van der Waals surface area contributed by atoms with Crippen LogP contribution >= 0.6 is 0 Å². The predicted molar refractivity (Wildman–Crippen MR) is 90.6 cm³/mol. The van der Waals surface area contributed by atoms with Crippen LogP contribution in [-0.2, 0) is 17.6 Å². The van der Waals surface area contributed by atoms with Crippen molar-refractivity contribution in [1.29, 1.82) is 0 Å². The zero-order valence-electron chi connectivity index (χ0n) is 13.9. The van der Waals surface area contributed by atoms with E-state index >= 15 is 0 Å². The van der Waals surface area contributed by atoms with Crippen molar-refractivity contribution >= 4 is 11.7 Å². The number of carbonyl (C=O) groups excluding carboxylic acids is 2. The fourth-order valence-corrected chi connectivity index (χ4v) is 3.58. The lowest BCUT2D eigenvalue weighted by Crippen LogP contribution is -2.50. The molecule has 1 saturated heterocycles. The van der Waals surface area contributed by atoms with Gasteiger partial charge in [-0.15, -0.1) is 0 Å². The first-order chi connectivity index (χ1) is 11.1. The van der Waals surface area contributed by atoms with Crippen molar-refractivity contribution in [2.24, 2.45) is 5.92 Å². The van der Waals surface area contributed by atoms with Crippen LogP contribution in [0.1, 0.15) is 54.1 Å². The first kappa shape index (κ1) is 16.2. The van der Waals surface area contributed by atoms with Crippen LogP contribution in [0.5, 0.6) is 0 Å². The number of hydrogen-bond donors (Lipinski definition) is 2. The Morgan fingerprint density at radius 2 is 2.04 bits per heavy atom. The van der Waals surface area contributed by atoms with Crippen molar-refractivity contribution in [2.45, 2.75) is 51.5 Å². The second kappa shape index (κ2) is 7.26. The smallest absolute Gasteiger partial charge is 0.220 e. The molecule has 3 rings (SSSR count). The monoisotopic (exact) mass is 314 g/mol. The van der Waals surface area contributed by atoms with E-state index in [-0.39, 0.29) is 24.2 Å². The largest absolute Gasteiger partial charge is 0.352 e. The molecule has 4 nitrogen and oxygen atoms in total. The second-order valence-electron chi connectivity index (χ2n) is 6.90. The maximum atomic E-state index is 12.3. The van der Waals surface area contributed by atoms with Crippen molar-refractivity contribution in [1.82, 2.24) is 10.6 Å².